The Labute approximate surface area is 143 Å². The fourth-order valence-electron chi connectivity index (χ4n) is 3.39. The van der Waals surface area contributed by atoms with Crippen molar-refractivity contribution in [2.45, 2.75) is 19.3 Å². The van der Waals surface area contributed by atoms with Gasteiger partial charge in [0.1, 0.15) is 5.82 Å². The van der Waals surface area contributed by atoms with Crippen LogP contribution in [0.4, 0.5) is 10.1 Å². The Morgan fingerprint density at radius 3 is 2.79 bits per heavy atom. The Bertz CT molecular complexity index is 917. The maximum absolute atomic E-state index is 13.0. The van der Waals surface area contributed by atoms with Crippen LogP contribution in [0.1, 0.15) is 17.7 Å². The summed E-state index contributed by atoms with van der Waals surface area (Å²) in [6.45, 7) is 0. The number of rotatable bonds is 2. The third-order valence-electron chi connectivity index (χ3n) is 4.63. The van der Waals surface area contributed by atoms with E-state index in [9.17, 15) is 9.18 Å². The van der Waals surface area contributed by atoms with E-state index < -0.39 is 0 Å². The van der Waals surface area contributed by atoms with Crippen LogP contribution in [0.3, 0.4) is 0 Å². The molecule has 2 N–H and O–H groups in total. The number of halogens is 2. The molecule has 0 aliphatic heterocycles. The first-order valence-corrected chi connectivity index (χ1v) is 8.33. The van der Waals surface area contributed by atoms with Gasteiger partial charge < -0.3 is 10.3 Å². The molecule has 1 amide bonds. The fourth-order valence-corrected chi connectivity index (χ4v) is 3.56. The molecular formula is C19H16ClFN2O. The van der Waals surface area contributed by atoms with Gasteiger partial charge in [-0.2, -0.15) is 0 Å². The van der Waals surface area contributed by atoms with Crippen LogP contribution in [0.25, 0.3) is 10.9 Å². The van der Waals surface area contributed by atoms with Crippen LogP contribution >= 0.6 is 11.6 Å². The van der Waals surface area contributed by atoms with Gasteiger partial charge in [-0.3, -0.25) is 4.79 Å². The molecule has 1 aliphatic carbocycles. The number of carbonyl (C=O) groups excluding carboxylic acids is 1. The van der Waals surface area contributed by atoms with Crippen molar-refractivity contribution in [3.8, 4) is 0 Å². The standard InChI is InChI=1S/C19H16ClFN2O/c20-12-2-8-18-16(10-12)15-9-11(1-7-17(15)23-18)19(24)22-14-5-3-13(21)4-6-14/h2-6,8,10-11,23H,1,7,9H2,(H,22,24). The molecule has 24 heavy (non-hydrogen) atoms. The van der Waals surface area contributed by atoms with E-state index in [1.54, 1.807) is 12.1 Å². The fraction of sp³-hybridized carbons (Fsp3) is 0.211. The number of nitrogens with one attached hydrogen (secondary N) is 2. The molecule has 0 saturated carbocycles. The number of aromatic nitrogens is 1. The molecule has 0 spiro atoms. The number of aromatic amines is 1. The maximum atomic E-state index is 13.0. The smallest absolute Gasteiger partial charge is 0.227 e. The lowest BCUT2D eigenvalue weighted by Gasteiger charge is -2.22. The highest BCUT2D eigenvalue weighted by molar-refractivity contribution is 6.31. The lowest BCUT2D eigenvalue weighted by molar-refractivity contribution is -0.120. The summed E-state index contributed by atoms with van der Waals surface area (Å²) in [6.07, 6.45) is 2.31. The number of hydrogen-bond donors (Lipinski definition) is 2. The summed E-state index contributed by atoms with van der Waals surface area (Å²) in [6, 6.07) is 11.6. The Kier molecular flexibility index (Phi) is 3.77. The molecule has 3 nitrogen and oxygen atoms in total. The first kappa shape index (κ1) is 15.2. The second-order valence-corrected chi connectivity index (χ2v) is 6.64. The third-order valence-corrected chi connectivity index (χ3v) is 4.87. The normalized spacial score (nSPS) is 16.8. The predicted molar refractivity (Wildman–Crippen MR) is 93.9 cm³/mol. The number of amides is 1. The first-order valence-electron chi connectivity index (χ1n) is 7.95. The van der Waals surface area contributed by atoms with Crippen LogP contribution in [0.5, 0.6) is 0 Å². The van der Waals surface area contributed by atoms with Crippen LogP contribution in [0, 0.1) is 11.7 Å². The van der Waals surface area contributed by atoms with Crippen LogP contribution in [-0.2, 0) is 17.6 Å². The van der Waals surface area contributed by atoms with Gasteiger partial charge in [0.25, 0.3) is 0 Å². The minimum Gasteiger partial charge on any atom is -0.358 e. The van der Waals surface area contributed by atoms with Crippen molar-refractivity contribution in [2.24, 2.45) is 5.92 Å². The minimum atomic E-state index is -0.314. The average molecular weight is 343 g/mol. The SMILES string of the molecule is O=C(Nc1ccc(F)cc1)C1CCc2[nH]c3ccc(Cl)cc3c2C1. The van der Waals surface area contributed by atoms with Crippen molar-refractivity contribution in [2.75, 3.05) is 5.32 Å². The van der Waals surface area contributed by atoms with Crippen LogP contribution in [0.2, 0.25) is 5.02 Å². The molecule has 0 radical (unpaired) electrons. The highest BCUT2D eigenvalue weighted by Gasteiger charge is 2.27. The zero-order valence-electron chi connectivity index (χ0n) is 12.9. The third kappa shape index (κ3) is 2.78. The van der Waals surface area contributed by atoms with E-state index in [1.807, 2.05) is 18.2 Å². The molecule has 1 aromatic heterocycles. The van der Waals surface area contributed by atoms with Crippen molar-refractivity contribution in [3.63, 3.8) is 0 Å². The lowest BCUT2D eigenvalue weighted by atomic mass is 9.86. The largest absolute Gasteiger partial charge is 0.358 e. The number of fused-ring (bicyclic) bond motifs is 3. The van der Waals surface area contributed by atoms with Crippen molar-refractivity contribution < 1.29 is 9.18 Å². The first-order chi connectivity index (χ1) is 11.6. The summed E-state index contributed by atoms with van der Waals surface area (Å²) in [4.78, 5) is 16.0. The van der Waals surface area contributed by atoms with E-state index in [4.69, 9.17) is 11.6 Å². The molecule has 4 rings (SSSR count). The van der Waals surface area contributed by atoms with Gasteiger partial charge in [0.15, 0.2) is 0 Å². The zero-order chi connectivity index (χ0) is 16.7. The van der Waals surface area contributed by atoms with Crippen molar-refractivity contribution in [1.29, 1.82) is 0 Å². The van der Waals surface area contributed by atoms with Crippen LogP contribution in [-0.4, -0.2) is 10.9 Å². The van der Waals surface area contributed by atoms with Crippen LogP contribution in [0.15, 0.2) is 42.5 Å². The molecule has 1 aliphatic rings. The van der Waals surface area contributed by atoms with Gasteiger partial charge in [0, 0.05) is 33.2 Å². The monoisotopic (exact) mass is 342 g/mol. The average Bonchev–Trinajstić information content (AvgIpc) is 2.94. The van der Waals surface area contributed by atoms with Gasteiger partial charge in [-0.05, 0) is 67.3 Å². The number of H-pyrrole nitrogens is 1. The second-order valence-electron chi connectivity index (χ2n) is 6.21. The summed E-state index contributed by atoms with van der Waals surface area (Å²) in [5.74, 6) is -0.435. The quantitative estimate of drug-likeness (QED) is 0.696. The van der Waals surface area contributed by atoms with Gasteiger partial charge in [-0.15, -0.1) is 0 Å². The summed E-state index contributed by atoms with van der Waals surface area (Å²) in [5, 5.41) is 4.67. The molecule has 0 fully saturated rings. The van der Waals surface area contributed by atoms with Gasteiger partial charge in [0.05, 0.1) is 0 Å². The zero-order valence-corrected chi connectivity index (χ0v) is 13.7. The highest BCUT2D eigenvalue weighted by Crippen LogP contribution is 2.33. The summed E-state index contributed by atoms with van der Waals surface area (Å²) in [5.41, 5.74) is 4.05. The Hall–Kier alpha value is -2.33. The molecule has 5 heteroatoms. The number of anilines is 1. The number of benzene rings is 2. The Balaban J connectivity index is 1.57. The number of hydrogen-bond acceptors (Lipinski definition) is 1. The summed E-state index contributed by atoms with van der Waals surface area (Å²) in [7, 11) is 0. The highest BCUT2D eigenvalue weighted by atomic mass is 35.5. The van der Waals surface area contributed by atoms with E-state index in [-0.39, 0.29) is 17.6 Å². The van der Waals surface area contributed by atoms with E-state index in [0.717, 1.165) is 23.7 Å². The molecule has 1 unspecified atom stereocenters. The van der Waals surface area contributed by atoms with Crippen molar-refractivity contribution in [3.05, 3.63) is 64.6 Å². The van der Waals surface area contributed by atoms with Gasteiger partial charge in [-0.1, -0.05) is 11.6 Å². The Morgan fingerprint density at radius 1 is 1.21 bits per heavy atom. The molecule has 1 heterocycles. The van der Waals surface area contributed by atoms with E-state index in [0.29, 0.717) is 17.1 Å². The molecule has 2 aromatic carbocycles. The topological polar surface area (TPSA) is 44.9 Å². The van der Waals surface area contributed by atoms with Crippen molar-refractivity contribution >= 4 is 34.1 Å². The number of carbonyl (C=O) groups is 1. The Morgan fingerprint density at radius 2 is 2.00 bits per heavy atom. The minimum absolute atomic E-state index is 0.0244. The molecule has 0 bridgehead atoms. The molecule has 1 atom stereocenters. The molecule has 122 valence electrons. The molecule has 3 aromatic rings. The van der Waals surface area contributed by atoms with Crippen LogP contribution < -0.4 is 5.32 Å². The van der Waals surface area contributed by atoms with E-state index >= 15 is 0 Å². The van der Waals surface area contributed by atoms with Gasteiger partial charge in [-0.25, -0.2) is 4.39 Å². The summed E-state index contributed by atoms with van der Waals surface area (Å²) >= 11 is 6.11. The lowest BCUT2D eigenvalue weighted by Crippen LogP contribution is -2.28. The second kappa shape index (κ2) is 5.95. The van der Waals surface area contributed by atoms with Gasteiger partial charge >= 0.3 is 0 Å². The van der Waals surface area contributed by atoms with Gasteiger partial charge in [0.2, 0.25) is 5.91 Å². The van der Waals surface area contributed by atoms with Crippen molar-refractivity contribution in [1.82, 2.24) is 4.98 Å². The van der Waals surface area contributed by atoms with E-state index in [1.165, 1.54) is 23.4 Å². The molecule has 0 saturated heterocycles. The maximum Gasteiger partial charge on any atom is 0.227 e. The predicted octanol–water partition coefficient (Wildman–Crippen LogP) is 4.70. The van der Waals surface area contributed by atoms with E-state index in [2.05, 4.69) is 10.3 Å². The molecular weight excluding hydrogens is 327 g/mol. The summed E-state index contributed by atoms with van der Waals surface area (Å²) < 4.78 is 13.0. The number of aryl methyl sites for hydroxylation is 1.